The Balaban J connectivity index is 1.48. The van der Waals surface area contributed by atoms with Gasteiger partial charge in [0.25, 0.3) is 0 Å². The summed E-state index contributed by atoms with van der Waals surface area (Å²) in [5.74, 6) is 2.00. The SMILES string of the molecule is Cn1cc(CCCSc2nnc(N3CCCCC3)n2-c2ccccc2)cn1. The number of hydrogen-bond donors (Lipinski definition) is 0. The summed E-state index contributed by atoms with van der Waals surface area (Å²) in [5.41, 5.74) is 2.43. The van der Waals surface area contributed by atoms with Gasteiger partial charge in [-0.15, -0.1) is 10.2 Å². The van der Waals surface area contributed by atoms with E-state index in [4.69, 9.17) is 0 Å². The summed E-state index contributed by atoms with van der Waals surface area (Å²) in [5, 5.41) is 14.3. The van der Waals surface area contributed by atoms with Crippen molar-refractivity contribution >= 4 is 17.7 Å². The standard InChI is InChI=1S/C20H26N6S/c1-24-16-17(15-21-24)9-8-14-27-20-23-22-19(25-12-6-3-7-13-25)26(20)18-10-4-2-5-11-18/h2,4-5,10-11,15-16H,3,6-9,12-14H2,1H3. The summed E-state index contributed by atoms with van der Waals surface area (Å²) in [6, 6.07) is 10.5. The van der Waals surface area contributed by atoms with E-state index in [0.717, 1.165) is 48.5 Å². The van der Waals surface area contributed by atoms with Gasteiger partial charge in [0.15, 0.2) is 5.16 Å². The zero-order chi connectivity index (χ0) is 18.5. The summed E-state index contributed by atoms with van der Waals surface area (Å²) in [6.45, 7) is 2.13. The van der Waals surface area contributed by atoms with Crippen molar-refractivity contribution in [3.63, 3.8) is 0 Å². The number of para-hydroxylation sites is 1. The number of benzene rings is 1. The molecule has 6 nitrogen and oxygen atoms in total. The lowest BCUT2D eigenvalue weighted by atomic mass is 10.1. The molecule has 3 aromatic rings. The molecule has 1 saturated heterocycles. The molecule has 0 saturated carbocycles. The van der Waals surface area contributed by atoms with Crippen LogP contribution in [0.1, 0.15) is 31.2 Å². The second kappa shape index (κ2) is 8.61. The molecule has 27 heavy (non-hydrogen) atoms. The fourth-order valence-electron chi connectivity index (χ4n) is 3.50. The third kappa shape index (κ3) is 4.35. The average molecular weight is 383 g/mol. The molecule has 0 atom stereocenters. The van der Waals surface area contributed by atoms with Crippen LogP contribution in [-0.2, 0) is 13.5 Å². The smallest absolute Gasteiger partial charge is 0.232 e. The molecular weight excluding hydrogens is 356 g/mol. The fraction of sp³-hybridized carbons (Fsp3) is 0.450. The van der Waals surface area contributed by atoms with E-state index in [1.54, 1.807) is 11.8 Å². The second-order valence-corrected chi connectivity index (χ2v) is 8.04. The molecule has 7 heteroatoms. The molecule has 3 heterocycles. The summed E-state index contributed by atoms with van der Waals surface area (Å²) >= 11 is 1.79. The number of anilines is 1. The molecule has 0 unspecified atom stereocenters. The van der Waals surface area contributed by atoms with Crippen LogP contribution in [0.4, 0.5) is 5.95 Å². The van der Waals surface area contributed by atoms with Crippen molar-refractivity contribution in [3.05, 3.63) is 48.3 Å². The maximum Gasteiger partial charge on any atom is 0.232 e. The van der Waals surface area contributed by atoms with Crippen molar-refractivity contribution in [2.45, 2.75) is 37.3 Å². The molecule has 4 rings (SSSR count). The van der Waals surface area contributed by atoms with Gasteiger partial charge in [0.1, 0.15) is 0 Å². The van der Waals surface area contributed by atoms with Gasteiger partial charge in [0, 0.05) is 32.1 Å². The maximum absolute atomic E-state index is 4.56. The van der Waals surface area contributed by atoms with E-state index in [1.165, 1.54) is 24.8 Å². The average Bonchev–Trinajstić information content (AvgIpc) is 3.33. The number of piperidine rings is 1. The maximum atomic E-state index is 4.56. The third-order valence-corrected chi connectivity index (χ3v) is 5.88. The van der Waals surface area contributed by atoms with Gasteiger partial charge in [-0.25, -0.2) is 0 Å². The summed E-state index contributed by atoms with van der Waals surface area (Å²) in [6.07, 6.45) is 9.95. The van der Waals surface area contributed by atoms with Crippen molar-refractivity contribution in [1.82, 2.24) is 24.5 Å². The normalized spacial score (nSPS) is 14.6. The molecule has 0 N–H and O–H groups in total. The topological polar surface area (TPSA) is 51.8 Å². The Bertz CT molecular complexity index is 850. The summed E-state index contributed by atoms with van der Waals surface area (Å²) in [7, 11) is 1.96. The fourth-order valence-corrected chi connectivity index (χ4v) is 4.38. The van der Waals surface area contributed by atoms with Crippen molar-refractivity contribution in [1.29, 1.82) is 0 Å². The molecule has 0 spiro atoms. The van der Waals surface area contributed by atoms with Crippen LogP contribution in [0.2, 0.25) is 0 Å². The van der Waals surface area contributed by atoms with Crippen LogP contribution in [0.3, 0.4) is 0 Å². The van der Waals surface area contributed by atoms with Crippen LogP contribution in [0.15, 0.2) is 47.9 Å². The first-order valence-corrected chi connectivity index (χ1v) is 10.7. The van der Waals surface area contributed by atoms with Crippen molar-refractivity contribution in [2.24, 2.45) is 7.05 Å². The van der Waals surface area contributed by atoms with Crippen molar-refractivity contribution < 1.29 is 0 Å². The van der Waals surface area contributed by atoms with E-state index in [9.17, 15) is 0 Å². The largest absolute Gasteiger partial charge is 0.341 e. The Morgan fingerprint density at radius 1 is 1.04 bits per heavy atom. The van der Waals surface area contributed by atoms with Gasteiger partial charge < -0.3 is 4.90 Å². The van der Waals surface area contributed by atoms with E-state index in [0.29, 0.717) is 0 Å². The number of nitrogens with zero attached hydrogens (tertiary/aromatic N) is 6. The lowest BCUT2D eigenvalue weighted by Gasteiger charge is -2.27. The highest BCUT2D eigenvalue weighted by Gasteiger charge is 2.21. The Morgan fingerprint density at radius 3 is 2.59 bits per heavy atom. The summed E-state index contributed by atoms with van der Waals surface area (Å²) in [4.78, 5) is 2.38. The highest BCUT2D eigenvalue weighted by molar-refractivity contribution is 7.99. The zero-order valence-electron chi connectivity index (χ0n) is 15.8. The van der Waals surface area contributed by atoms with E-state index < -0.39 is 0 Å². The molecule has 1 fully saturated rings. The molecule has 0 aliphatic carbocycles. The predicted octanol–water partition coefficient (Wildman–Crippen LogP) is 3.72. The van der Waals surface area contributed by atoms with Gasteiger partial charge in [-0.2, -0.15) is 5.10 Å². The van der Waals surface area contributed by atoms with Crippen molar-refractivity contribution in [3.8, 4) is 5.69 Å². The predicted molar refractivity (Wildman–Crippen MR) is 110 cm³/mol. The highest BCUT2D eigenvalue weighted by Crippen LogP contribution is 2.28. The van der Waals surface area contributed by atoms with Crippen LogP contribution in [0, 0.1) is 0 Å². The van der Waals surface area contributed by atoms with E-state index in [1.807, 2.05) is 17.9 Å². The number of rotatable bonds is 7. The first-order chi connectivity index (χ1) is 13.3. The molecule has 0 radical (unpaired) electrons. The third-order valence-electron chi connectivity index (χ3n) is 4.87. The minimum atomic E-state index is 0.980. The number of thioether (sulfide) groups is 1. The Labute approximate surface area is 164 Å². The van der Waals surface area contributed by atoms with E-state index >= 15 is 0 Å². The highest BCUT2D eigenvalue weighted by atomic mass is 32.2. The van der Waals surface area contributed by atoms with Crippen LogP contribution >= 0.6 is 11.8 Å². The molecule has 2 aromatic heterocycles. The molecule has 1 aromatic carbocycles. The van der Waals surface area contributed by atoms with Gasteiger partial charge in [0.2, 0.25) is 5.95 Å². The lowest BCUT2D eigenvalue weighted by molar-refractivity contribution is 0.564. The van der Waals surface area contributed by atoms with E-state index in [-0.39, 0.29) is 0 Å². The van der Waals surface area contributed by atoms with Gasteiger partial charge in [0.05, 0.1) is 11.9 Å². The van der Waals surface area contributed by atoms with Gasteiger partial charge in [-0.05, 0) is 49.8 Å². The number of aromatic nitrogens is 5. The van der Waals surface area contributed by atoms with Crippen LogP contribution in [0.25, 0.3) is 5.69 Å². The Kier molecular flexibility index (Phi) is 5.77. The number of aryl methyl sites for hydroxylation is 2. The van der Waals surface area contributed by atoms with Crippen molar-refractivity contribution in [2.75, 3.05) is 23.7 Å². The molecule has 1 aliphatic rings. The van der Waals surface area contributed by atoms with Gasteiger partial charge in [-0.3, -0.25) is 9.25 Å². The minimum Gasteiger partial charge on any atom is -0.341 e. The lowest BCUT2D eigenvalue weighted by Crippen LogP contribution is -2.31. The van der Waals surface area contributed by atoms with Crippen LogP contribution in [0.5, 0.6) is 0 Å². The minimum absolute atomic E-state index is 0.980. The molecule has 0 bridgehead atoms. The van der Waals surface area contributed by atoms with Crippen LogP contribution < -0.4 is 4.90 Å². The Morgan fingerprint density at radius 2 is 1.85 bits per heavy atom. The molecule has 1 aliphatic heterocycles. The molecule has 142 valence electrons. The molecule has 0 amide bonds. The van der Waals surface area contributed by atoms with Crippen LogP contribution in [-0.4, -0.2) is 43.4 Å². The first kappa shape index (κ1) is 18.1. The van der Waals surface area contributed by atoms with E-state index in [2.05, 4.69) is 61.3 Å². The summed E-state index contributed by atoms with van der Waals surface area (Å²) < 4.78 is 4.08. The first-order valence-electron chi connectivity index (χ1n) is 9.67. The molecular formula is C20H26N6S. The second-order valence-electron chi connectivity index (χ2n) is 6.98. The number of hydrogen-bond acceptors (Lipinski definition) is 5. The monoisotopic (exact) mass is 382 g/mol. The van der Waals surface area contributed by atoms with Gasteiger partial charge >= 0.3 is 0 Å². The quantitative estimate of drug-likeness (QED) is 0.460. The Hall–Kier alpha value is -2.28. The van der Waals surface area contributed by atoms with Gasteiger partial charge in [-0.1, -0.05) is 30.0 Å². The zero-order valence-corrected chi connectivity index (χ0v) is 16.6.